The Bertz CT molecular complexity index is 1120. The average molecular weight is 461 g/mol. The molecule has 0 fully saturated rings. The lowest BCUT2D eigenvalue weighted by atomic mass is 9.87. The van der Waals surface area contributed by atoms with E-state index < -0.39 is 6.10 Å². The normalized spacial score (nSPS) is 11.9. The monoisotopic (exact) mass is 460 g/mol. The molecule has 6 nitrogen and oxygen atoms in total. The Kier molecular flexibility index (Phi) is 7.95. The van der Waals surface area contributed by atoms with Crippen molar-refractivity contribution >= 4 is 23.2 Å². The van der Waals surface area contributed by atoms with Gasteiger partial charge in [-0.25, -0.2) is 0 Å². The van der Waals surface area contributed by atoms with Gasteiger partial charge in [0, 0.05) is 16.9 Å². The molecule has 1 atom stereocenters. The molecular formula is C28H32N2O4. The van der Waals surface area contributed by atoms with E-state index in [1.165, 1.54) is 0 Å². The van der Waals surface area contributed by atoms with Crippen LogP contribution in [0.1, 0.15) is 50.0 Å². The van der Waals surface area contributed by atoms with Gasteiger partial charge < -0.3 is 20.1 Å². The Hall–Kier alpha value is -3.80. The number of hydrogen-bond acceptors (Lipinski definition) is 4. The lowest BCUT2D eigenvalue weighted by Gasteiger charge is -2.19. The average Bonchev–Trinajstić information content (AvgIpc) is 2.82. The quantitative estimate of drug-likeness (QED) is 0.430. The number of rotatable bonds is 8. The summed E-state index contributed by atoms with van der Waals surface area (Å²) in [6, 6.07) is 21.7. The summed E-state index contributed by atoms with van der Waals surface area (Å²) in [5, 5.41) is 5.76. The lowest BCUT2D eigenvalue weighted by molar-refractivity contribution is -0.122. The fourth-order valence-electron chi connectivity index (χ4n) is 3.36. The highest BCUT2D eigenvalue weighted by atomic mass is 16.5. The van der Waals surface area contributed by atoms with Crippen molar-refractivity contribution in [1.29, 1.82) is 0 Å². The van der Waals surface area contributed by atoms with Gasteiger partial charge in [-0.3, -0.25) is 9.59 Å². The Labute approximate surface area is 201 Å². The van der Waals surface area contributed by atoms with Crippen molar-refractivity contribution in [2.75, 3.05) is 17.7 Å². The fourth-order valence-corrected chi connectivity index (χ4v) is 3.36. The first kappa shape index (κ1) is 24.8. The van der Waals surface area contributed by atoms with Gasteiger partial charge in [-0.1, -0.05) is 45.9 Å². The predicted octanol–water partition coefficient (Wildman–Crippen LogP) is 6.04. The highest BCUT2D eigenvalue weighted by Gasteiger charge is 2.19. The summed E-state index contributed by atoms with van der Waals surface area (Å²) in [6.07, 6.45) is -0.160. The van der Waals surface area contributed by atoms with E-state index >= 15 is 0 Å². The van der Waals surface area contributed by atoms with Crippen molar-refractivity contribution in [2.45, 2.75) is 45.6 Å². The molecule has 0 bridgehead atoms. The minimum absolute atomic E-state index is 0.0228. The van der Waals surface area contributed by atoms with Crippen molar-refractivity contribution in [2.24, 2.45) is 0 Å². The number of ether oxygens (including phenoxy) is 2. The third-order valence-corrected chi connectivity index (χ3v) is 5.40. The molecule has 0 aliphatic rings. The predicted molar refractivity (Wildman–Crippen MR) is 136 cm³/mol. The molecule has 3 aromatic rings. The number of anilines is 2. The van der Waals surface area contributed by atoms with Gasteiger partial charge in [-0.15, -0.1) is 0 Å². The maximum Gasteiger partial charge on any atom is 0.265 e. The molecule has 6 heteroatoms. The van der Waals surface area contributed by atoms with E-state index in [1.807, 2.05) is 31.2 Å². The Morgan fingerprint density at radius 3 is 2.00 bits per heavy atom. The van der Waals surface area contributed by atoms with E-state index in [0.717, 1.165) is 5.56 Å². The van der Waals surface area contributed by atoms with Crippen molar-refractivity contribution < 1.29 is 19.1 Å². The minimum Gasteiger partial charge on any atom is -0.497 e. The number of nitrogens with one attached hydrogen (secondary N) is 2. The summed E-state index contributed by atoms with van der Waals surface area (Å²) < 4.78 is 11.0. The molecule has 3 rings (SSSR count). The zero-order chi connectivity index (χ0) is 24.7. The highest BCUT2D eigenvalue weighted by Crippen LogP contribution is 2.23. The van der Waals surface area contributed by atoms with Crippen LogP contribution in [0.4, 0.5) is 11.4 Å². The summed E-state index contributed by atoms with van der Waals surface area (Å²) in [6.45, 7) is 8.28. The zero-order valence-corrected chi connectivity index (χ0v) is 20.3. The van der Waals surface area contributed by atoms with Crippen LogP contribution < -0.4 is 20.1 Å². The zero-order valence-electron chi connectivity index (χ0n) is 20.3. The van der Waals surface area contributed by atoms with Crippen molar-refractivity contribution in [1.82, 2.24) is 0 Å². The van der Waals surface area contributed by atoms with Crippen LogP contribution >= 0.6 is 0 Å². The summed E-state index contributed by atoms with van der Waals surface area (Å²) >= 11 is 0. The molecule has 0 aromatic heterocycles. The largest absolute Gasteiger partial charge is 0.497 e. The third kappa shape index (κ3) is 6.61. The van der Waals surface area contributed by atoms with Gasteiger partial charge in [0.1, 0.15) is 11.5 Å². The van der Waals surface area contributed by atoms with Gasteiger partial charge in [0.25, 0.3) is 11.8 Å². The van der Waals surface area contributed by atoms with Gasteiger partial charge in [0.05, 0.1) is 7.11 Å². The number of amides is 2. The summed E-state index contributed by atoms with van der Waals surface area (Å²) in [7, 11) is 1.59. The van der Waals surface area contributed by atoms with Crippen LogP contribution in [0.5, 0.6) is 11.5 Å². The first-order valence-electron chi connectivity index (χ1n) is 11.3. The van der Waals surface area contributed by atoms with Gasteiger partial charge in [-0.2, -0.15) is 0 Å². The lowest BCUT2D eigenvalue weighted by Crippen LogP contribution is -2.32. The van der Waals surface area contributed by atoms with Crippen molar-refractivity contribution in [3.8, 4) is 11.5 Å². The van der Waals surface area contributed by atoms with E-state index in [0.29, 0.717) is 34.9 Å². The van der Waals surface area contributed by atoms with Gasteiger partial charge in [0.15, 0.2) is 6.10 Å². The highest BCUT2D eigenvalue weighted by molar-refractivity contribution is 6.04. The van der Waals surface area contributed by atoms with E-state index in [9.17, 15) is 9.59 Å². The van der Waals surface area contributed by atoms with Crippen LogP contribution in [-0.4, -0.2) is 25.0 Å². The number of hydrogen-bond donors (Lipinski definition) is 2. The summed E-state index contributed by atoms with van der Waals surface area (Å²) in [4.78, 5) is 25.5. The van der Waals surface area contributed by atoms with Gasteiger partial charge in [0.2, 0.25) is 0 Å². The summed E-state index contributed by atoms with van der Waals surface area (Å²) in [5.41, 5.74) is 2.92. The smallest absolute Gasteiger partial charge is 0.265 e. The number of methoxy groups -OCH3 is 1. The standard InChI is InChI=1S/C28H32N2O4/c1-6-25(34-24-16-14-23(33-5)15-17-24)27(32)30-22-9-7-8-21(18-22)29-26(31)19-10-12-20(13-11-19)28(2,3)4/h7-18,25H,6H2,1-5H3,(H,29,31)(H,30,32)/t25-/m0/s1. The molecule has 3 aromatic carbocycles. The molecule has 2 amide bonds. The van der Waals surface area contributed by atoms with Gasteiger partial charge in [-0.05, 0) is 72.0 Å². The molecule has 0 unspecified atom stereocenters. The van der Waals surface area contributed by atoms with Crippen LogP contribution in [0.25, 0.3) is 0 Å². The molecule has 0 spiro atoms. The second-order valence-corrected chi connectivity index (χ2v) is 9.04. The Morgan fingerprint density at radius 1 is 0.853 bits per heavy atom. The SMILES string of the molecule is CC[C@H](Oc1ccc(OC)cc1)C(=O)Nc1cccc(NC(=O)c2ccc(C(C)(C)C)cc2)c1. The molecule has 0 heterocycles. The van der Waals surface area contributed by atoms with Crippen LogP contribution in [0.15, 0.2) is 72.8 Å². The number of benzene rings is 3. The molecule has 0 aliphatic carbocycles. The van der Waals surface area contributed by atoms with Gasteiger partial charge >= 0.3 is 0 Å². The second kappa shape index (κ2) is 10.9. The topological polar surface area (TPSA) is 76.7 Å². The van der Waals surface area contributed by atoms with E-state index in [4.69, 9.17) is 9.47 Å². The molecule has 2 N–H and O–H groups in total. The fraction of sp³-hybridized carbons (Fsp3) is 0.286. The summed E-state index contributed by atoms with van der Waals surface area (Å²) in [5.74, 6) is 0.827. The van der Waals surface area contributed by atoms with E-state index in [2.05, 4.69) is 31.4 Å². The van der Waals surface area contributed by atoms with E-state index in [1.54, 1.807) is 55.6 Å². The van der Waals surface area contributed by atoms with Crippen molar-refractivity contribution in [3.05, 3.63) is 83.9 Å². The second-order valence-electron chi connectivity index (χ2n) is 9.04. The Morgan fingerprint density at radius 2 is 1.44 bits per heavy atom. The Balaban J connectivity index is 1.63. The van der Waals surface area contributed by atoms with E-state index in [-0.39, 0.29) is 17.2 Å². The molecule has 0 saturated heterocycles. The first-order chi connectivity index (χ1) is 16.2. The number of carbonyl (C=O) groups excluding carboxylic acids is 2. The van der Waals surface area contributed by atoms with Crippen LogP contribution in [0.2, 0.25) is 0 Å². The molecule has 178 valence electrons. The number of carbonyl (C=O) groups is 2. The van der Waals surface area contributed by atoms with Crippen LogP contribution in [-0.2, 0) is 10.2 Å². The maximum absolute atomic E-state index is 12.8. The molecular weight excluding hydrogens is 428 g/mol. The van der Waals surface area contributed by atoms with Crippen molar-refractivity contribution in [3.63, 3.8) is 0 Å². The maximum atomic E-state index is 12.8. The molecule has 0 saturated carbocycles. The molecule has 0 aliphatic heterocycles. The van der Waals surface area contributed by atoms with Crippen LogP contribution in [0.3, 0.4) is 0 Å². The molecule has 34 heavy (non-hydrogen) atoms. The minimum atomic E-state index is -0.659. The molecule has 0 radical (unpaired) electrons. The first-order valence-corrected chi connectivity index (χ1v) is 11.3. The third-order valence-electron chi connectivity index (χ3n) is 5.40. The van der Waals surface area contributed by atoms with Crippen LogP contribution in [0, 0.1) is 0 Å².